The second kappa shape index (κ2) is 13.8. The number of rotatable bonds is 11. The van der Waals surface area contributed by atoms with Crippen LogP contribution in [0.15, 0.2) is 49.1 Å². The molecule has 1 aliphatic rings. The summed E-state index contributed by atoms with van der Waals surface area (Å²) < 4.78 is 38.9. The van der Waals surface area contributed by atoms with Gasteiger partial charge in [0.2, 0.25) is 5.91 Å². The molecule has 232 valence electrons. The van der Waals surface area contributed by atoms with Gasteiger partial charge in [-0.05, 0) is 31.2 Å². The van der Waals surface area contributed by atoms with Crippen molar-refractivity contribution in [1.29, 1.82) is 0 Å². The Balaban J connectivity index is 1.36. The number of hydrogen-bond acceptors (Lipinski definition) is 9. The molecule has 0 saturated carbocycles. The third kappa shape index (κ3) is 7.29. The molecule has 0 bridgehead atoms. The molecule has 1 saturated heterocycles. The Labute approximate surface area is 255 Å². The van der Waals surface area contributed by atoms with E-state index in [1.165, 1.54) is 46.0 Å². The van der Waals surface area contributed by atoms with Crippen LogP contribution < -0.4 is 10.1 Å². The van der Waals surface area contributed by atoms with Gasteiger partial charge in [0, 0.05) is 61.9 Å². The van der Waals surface area contributed by atoms with Crippen LogP contribution in [0, 0.1) is 0 Å². The minimum Gasteiger partial charge on any atom is -0.466 e. The van der Waals surface area contributed by atoms with Crippen molar-refractivity contribution in [2.75, 3.05) is 44.6 Å². The van der Waals surface area contributed by atoms with E-state index in [2.05, 4.69) is 25.4 Å². The van der Waals surface area contributed by atoms with Crippen molar-refractivity contribution < 1.29 is 32.6 Å². The van der Waals surface area contributed by atoms with Gasteiger partial charge in [-0.25, -0.2) is 9.50 Å². The first-order valence-electron chi connectivity index (χ1n) is 13.8. The molecular weight excluding hydrogens is 602 g/mol. The van der Waals surface area contributed by atoms with Gasteiger partial charge in [-0.15, -0.1) is 0 Å². The number of hydrogen-bond donors (Lipinski definition) is 1. The van der Waals surface area contributed by atoms with Gasteiger partial charge in [0.25, 0.3) is 5.91 Å². The van der Waals surface area contributed by atoms with Gasteiger partial charge in [-0.3, -0.25) is 24.0 Å². The molecule has 1 aromatic carbocycles. The number of benzene rings is 1. The number of fused-ring (bicyclic) bond motifs is 1. The summed E-state index contributed by atoms with van der Waals surface area (Å²) in [6, 6.07) is 5.71. The second-order valence-electron chi connectivity index (χ2n) is 9.79. The highest BCUT2D eigenvalue weighted by molar-refractivity contribution is 6.31. The second-order valence-corrected chi connectivity index (χ2v) is 10.2. The summed E-state index contributed by atoms with van der Waals surface area (Å²) >= 11 is 6.19. The summed E-state index contributed by atoms with van der Waals surface area (Å²) in [5, 5.41) is 11.6. The molecule has 0 spiro atoms. The fourth-order valence-electron chi connectivity index (χ4n) is 4.80. The molecule has 44 heavy (non-hydrogen) atoms. The molecule has 2 amide bonds. The molecule has 16 heteroatoms. The zero-order valence-electron chi connectivity index (χ0n) is 23.7. The summed E-state index contributed by atoms with van der Waals surface area (Å²) in [6.45, 7) is 1.38. The number of nitrogens with zero attached hydrogens (tertiary/aromatic N) is 7. The van der Waals surface area contributed by atoms with Gasteiger partial charge < -0.3 is 19.7 Å². The number of halogens is 3. The smallest absolute Gasteiger partial charge is 0.387 e. The van der Waals surface area contributed by atoms with E-state index in [1.807, 2.05) is 0 Å². The predicted molar refractivity (Wildman–Crippen MR) is 155 cm³/mol. The van der Waals surface area contributed by atoms with E-state index in [9.17, 15) is 23.2 Å². The average Bonchev–Trinajstić information content (AvgIpc) is 3.61. The van der Waals surface area contributed by atoms with Crippen molar-refractivity contribution in [2.24, 2.45) is 0 Å². The topological polar surface area (TPSA) is 136 Å². The predicted octanol–water partition coefficient (Wildman–Crippen LogP) is 3.20. The molecule has 4 heterocycles. The Hall–Kier alpha value is -4.63. The third-order valence-electron chi connectivity index (χ3n) is 6.91. The van der Waals surface area contributed by atoms with Crippen LogP contribution in [-0.4, -0.2) is 97.9 Å². The number of carbonyl (C=O) groups is 3. The number of ether oxygens (including phenoxy) is 2. The number of aromatic nitrogens is 5. The number of amides is 2. The molecule has 1 N–H and O–H groups in total. The number of piperazine rings is 1. The zero-order valence-corrected chi connectivity index (χ0v) is 24.4. The average molecular weight is 631 g/mol. The molecular formula is C28H29ClF2N8O5. The van der Waals surface area contributed by atoms with E-state index in [0.29, 0.717) is 45.0 Å². The summed E-state index contributed by atoms with van der Waals surface area (Å²) in [5.74, 6) is -1.29. The van der Waals surface area contributed by atoms with Gasteiger partial charge in [0.15, 0.2) is 5.65 Å². The molecule has 0 unspecified atom stereocenters. The van der Waals surface area contributed by atoms with Gasteiger partial charge in [-0.1, -0.05) is 11.6 Å². The van der Waals surface area contributed by atoms with Crippen molar-refractivity contribution in [1.82, 2.24) is 34.2 Å². The van der Waals surface area contributed by atoms with E-state index in [4.69, 9.17) is 21.1 Å². The van der Waals surface area contributed by atoms with Crippen LogP contribution in [0.3, 0.4) is 0 Å². The molecule has 13 nitrogen and oxygen atoms in total. The first kappa shape index (κ1) is 30.8. The fourth-order valence-corrected chi connectivity index (χ4v) is 4.97. The Morgan fingerprint density at radius 1 is 1.16 bits per heavy atom. The molecule has 4 aromatic rings. The summed E-state index contributed by atoms with van der Waals surface area (Å²) in [5.41, 5.74) is 0.754. The molecule has 3 aromatic heterocycles. The number of alkyl halides is 2. The fraction of sp³-hybridized carbons (Fsp3) is 0.357. The van der Waals surface area contributed by atoms with E-state index in [0.717, 1.165) is 0 Å². The lowest BCUT2D eigenvalue weighted by molar-refractivity contribution is -0.144. The lowest BCUT2D eigenvalue weighted by atomic mass is 10.1. The number of esters is 1. The quantitative estimate of drug-likeness (QED) is 0.248. The maximum atomic E-state index is 13.3. The van der Waals surface area contributed by atoms with Crippen LogP contribution in [0.1, 0.15) is 23.7 Å². The minimum atomic E-state index is -3.13. The first-order valence-corrected chi connectivity index (χ1v) is 14.2. The maximum Gasteiger partial charge on any atom is 0.387 e. The lowest BCUT2D eigenvalue weighted by Gasteiger charge is -2.34. The molecule has 0 aliphatic carbocycles. The van der Waals surface area contributed by atoms with Crippen LogP contribution in [0.25, 0.3) is 16.9 Å². The van der Waals surface area contributed by atoms with E-state index in [-0.39, 0.29) is 58.1 Å². The van der Waals surface area contributed by atoms with Gasteiger partial charge in [0.1, 0.15) is 23.6 Å². The molecule has 1 fully saturated rings. The van der Waals surface area contributed by atoms with Crippen molar-refractivity contribution in [3.05, 3.63) is 59.6 Å². The largest absolute Gasteiger partial charge is 0.466 e. The highest BCUT2D eigenvalue weighted by atomic mass is 35.5. The molecule has 0 radical (unpaired) electrons. The van der Waals surface area contributed by atoms with Gasteiger partial charge in [0.05, 0.1) is 24.9 Å². The van der Waals surface area contributed by atoms with Crippen molar-refractivity contribution in [2.45, 2.75) is 26.5 Å². The van der Waals surface area contributed by atoms with E-state index < -0.39 is 12.5 Å². The maximum absolute atomic E-state index is 13.3. The van der Waals surface area contributed by atoms with Crippen LogP contribution >= 0.6 is 11.6 Å². The third-order valence-corrected chi connectivity index (χ3v) is 7.14. The van der Waals surface area contributed by atoms with Crippen LogP contribution in [0.5, 0.6) is 5.75 Å². The minimum absolute atomic E-state index is 0.0671. The van der Waals surface area contributed by atoms with Crippen molar-refractivity contribution >= 4 is 40.7 Å². The summed E-state index contributed by atoms with van der Waals surface area (Å²) in [4.78, 5) is 46.2. The Kier molecular flexibility index (Phi) is 9.65. The molecule has 1 aliphatic heterocycles. The lowest BCUT2D eigenvalue weighted by Crippen LogP contribution is -2.49. The highest BCUT2D eigenvalue weighted by Crippen LogP contribution is 2.37. The first-order chi connectivity index (χ1) is 21.2. The van der Waals surface area contributed by atoms with Gasteiger partial charge in [-0.2, -0.15) is 19.0 Å². The van der Waals surface area contributed by atoms with E-state index in [1.54, 1.807) is 24.1 Å². The Morgan fingerprint density at radius 2 is 1.95 bits per heavy atom. The Bertz CT molecular complexity index is 1650. The van der Waals surface area contributed by atoms with Crippen LogP contribution in [0.4, 0.5) is 14.5 Å². The molecule has 0 atom stereocenters. The van der Waals surface area contributed by atoms with Crippen LogP contribution in [0.2, 0.25) is 5.02 Å². The standard InChI is InChI=1S/C28H29ClF2N8O5/c1-2-43-24(41)6-9-36-10-12-37(13-11-36)23(40)17-38-16-21(34-27(42)20-15-33-39-8-3-7-32-26(20)39)25(35-38)19-14-18(29)4-5-22(19)44-28(30)31/h3-5,7-8,14-16,28H,2,6,9-13,17H2,1H3,(H,34,42). The number of carbonyl (C=O) groups excluding carboxylic acids is 3. The number of nitrogens with one attached hydrogen (secondary N) is 1. The summed E-state index contributed by atoms with van der Waals surface area (Å²) in [7, 11) is 0. The van der Waals surface area contributed by atoms with Crippen LogP contribution in [-0.2, 0) is 20.9 Å². The summed E-state index contributed by atoms with van der Waals surface area (Å²) in [6.07, 6.45) is 6.21. The normalized spacial score (nSPS) is 13.8. The molecule has 5 rings (SSSR count). The Morgan fingerprint density at radius 3 is 2.70 bits per heavy atom. The van der Waals surface area contributed by atoms with Gasteiger partial charge >= 0.3 is 12.6 Å². The van der Waals surface area contributed by atoms with Crippen molar-refractivity contribution in [3.63, 3.8) is 0 Å². The van der Waals surface area contributed by atoms with Crippen molar-refractivity contribution in [3.8, 4) is 17.0 Å². The van der Waals surface area contributed by atoms with E-state index >= 15 is 0 Å². The zero-order chi connectivity index (χ0) is 31.2. The monoisotopic (exact) mass is 630 g/mol. The SMILES string of the molecule is CCOC(=O)CCN1CCN(C(=O)Cn2cc(NC(=O)c3cnn4cccnc34)c(-c3cc(Cl)ccc3OC(F)F)n2)CC1. The number of anilines is 1. The highest BCUT2D eigenvalue weighted by Gasteiger charge is 2.25.